The third-order valence-electron chi connectivity index (χ3n) is 6.04. The number of ketones is 1. The predicted octanol–water partition coefficient (Wildman–Crippen LogP) is 5.11. The molecule has 1 atom stereocenters. The number of rotatable bonds is 8. The van der Waals surface area contributed by atoms with Gasteiger partial charge in [0.2, 0.25) is 0 Å². The molecule has 31 heavy (non-hydrogen) atoms. The number of Topliss-reactive ketones (excluding diaryl/α,β-unsaturated/α-hetero) is 1. The minimum absolute atomic E-state index is 0.000266. The summed E-state index contributed by atoms with van der Waals surface area (Å²) in [7, 11) is 1.71. The van der Waals surface area contributed by atoms with Gasteiger partial charge in [-0.15, -0.1) is 0 Å². The Bertz CT molecular complexity index is 834. The van der Waals surface area contributed by atoms with Gasteiger partial charge in [-0.3, -0.25) is 4.79 Å². The number of methoxy groups -OCH3 is 1. The number of nitrogens with zero attached hydrogens (tertiary/aromatic N) is 1. The van der Waals surface area contributed by atoms with Crippen molar-refractivity contribution in [3.63, 3.8) is 0 Å². The average Bonchev–Trinajstić information content (AvgIpc) is 2.77. The maximum absolute atomic E-state index is 13.1. The zero-order valence-corrected chi connectivity index (χ0v) is 19.1. The molecular weight excluding hydrogens is 393 g/mol. The third kappa shape index (κ3) is 6.62. The molecule has 0 bridgehead atoms. The first-order chi connectivity index (χ1) is 14.8. The highest BCUT2D eigenvalue weighted by atomic mass is 19.1. The van der Waals surface area contributed by atoms with Gasteiger partial charge < -0.3 is 14.4 Å². The second-order valence-corrected chi connectivity index (χ2v) is 9.39. The number of carbonyl (C=O) groups excluding carboxylic acids is 1. The molecule has 1 saturated heterocycles. The molecule has 0 radical (unpaired) electrons. The SMILES string of the molecule is COC(COc1ccc(C(C)(C)C)cc1)CN1CCC(C(=O)c2ccc(F)cc2)CC1. The molecule has 168 valence electrons. The van der Waals surface area contributed by atoms with Crippen LogP contribution in [0.2, 0.25) is 0 Å². The highest BCUT2D eigenvalue weighted by Gasteiger charge is 2.27. The van der Waals surface area contributed by atoms with Crippen molar-refractivity contribution in [3.05, 3.63) is 65.5 Å². The number of halogens is 1. The molecule has 1 unspecified atom stereocenters. The summed E-state index contributed by atoms with van der Waals surface area (Å²) < 4.78 is 24.7. The fraction of sp³-hybridized carbons (Fsp3) is 0.500. The van der Waals surface area contributed by atoms with E-state index in [2.05, 4.69) is 37.8 Å². The summed E-state index contributed by atoms with van der Waals surface area (Å²) in [4.78, 5) is 15.0. The fourth-order valence-electron chi connectivity index (χ4n) is 3.95. The van der Waals surface area contributed by atoms with Crippen molar-refractivity contribution in [1.29, 1.82) is 0 Å². The lowest BCUT2D eigenvalue weighted by atomic mass is 9.87. The molecule has 4 nitrogen and oxygen atoms in total. The average molecular weight is 428 g/mol. The Morgan fingerprint density at radius 3 is 2.23 bits per heavy atom. The zero-order chi connectivity index (χ0) is 22.4. The van der Waals surface area contributed by atoms with Gasteiger partial charge in [-0.1, -0.05) is 32.9 Å². The Hall–Kier alpha value is -2.24. The van der Waals surface area contributed by atoms with Crippen LogP contribution in [-0.4, -0.2) is 50.1 Å². The van der Waals surface area contributed by atoms with Gasteiger partial charge in [0, 0.05) is 25.1 Å². The lowest BCUT2D eigenvalue weighted by Crippen LogP contribution is -2.42. The lowest BCUT2D eigenvalue weighted by molar-refractivity contribution is 0.0211. The molecule has 0 aliphatic carbocycles. The minimum atomic E-state index is -0.315. The van der Waals surface area contributed by atoms with Crippen molar-refractivity contribution in [1.82, 2.24) is 4.90 Å². The molecule has 0 amide bonds. The van der Waals surface area contributed by atoms with E-state index in [4.69, 9.17) is 9.47 Å². The predicted molar refractivity (Wildman–Crippen MR) is 121 cm³/mol. The fourth-order valence-corrected chi connectivity index (χ4v) is 3.95. The Morgan fingerprint density at radius 2 is 1.68 bits per heavy atom. The highest BCUT2D eigenvalue weighted by molar-refractivity contribution is 5.97. The van der Waals surface area contributed by atoms with E-state index >= 15 is 0 Å². The number of benzene rings is 2. The molecular formula is C26H34FNO3. The first-order valence-electron chi connectivity index (χ1n) is 11.0. The maximum atomic E-state index is 13.1. The Morgan fingerprint density at radius 1 is 1.06 bits per heavy atom. The molecule has 3 rings (SSSR count). The van der Waals surface area contributed by atoms with Crippen molar-refractivity contribution < 1.29 is 18.7 Å². The topological polar surface area (TPSA) is 38.8 Å². The number of ether oxygens (including phenoxy) is 2. The van der Waals surface area contributed by atoms with E-state index in [9.17, 15) is 9.18 Å². The standard InChI is InChI=1S/C26H34FNO3/c1-26(2,3)21-7-11-23(12-8-21)31-18-24(30-4)17-28-15-13-20(14-16-28)25(29)19-5-9-22(27)10-6-19/h5-12,20,24H,13-18H2,1-4H3. The van der Waals surface area contributed by atoms with Crippen molar-refractivity contribution >= 4 is 5.78 Å². The van der Waals surface area contributed by atoms with Crippen LogP contribution in [0.15, 0.2) is 48.5 Å². The summed E-state index contributed by atoms with van der Waals surface area (Å²) in [6, 6.07) is 14.1. The van der Waals surface area contributed by atoms with Crippen LogP contribution in [0, 0.1) is 11.7 Å². The summed E-state index contributed by atoms with van der Waals surface area (Å²) in [5.41, 5.74) is 2.00. The zero-order valence-electron chi connectivity index (χ0n) is 19.1. The van der Waals surface area contributed by atoms with Crippen LogP contribution < -0.4 is 4.74 Å². The highest BCUT2D eigenvalue weighted by Crippen LogP contribution is 2.25. The van der Waals surface area contributed by atoms with E-state index in [1.807, 2.05) is 12.1 Å². The van der Waals surface area contributed by atoms with E-state index in [0.717, 1.165) is 38.2 Å². The number of hydrogen-bond donors (Lipinski definition) is 0. The van der Waals surface area contributed by atoms with Crippen molar-refractivity contribution in [2.45, 2.75) is 45.1 Å². The Balaban J connectivity index is 1.45. The molecule has 1 aliphatic heterocycles. The summed E-state index contributed by atoms with van der Waals surface area (Å²) in [5.74, 6) is 0.647. The van der Waals surface area contributed by atoms with E-state index < -0.39 is 0 Å². The molecule has 0 spiro atoms. The molecule has 1 aliphatic rings. The smallest absolute Gasteiger partial charge is 0.166 e. The van der Waals surface area contributed by atoms with Crippen LogP contribution in [0.5, 0.6) is 5.75 Å². The van der Waals surface area contributed by atoms with E-state index in [-0.39, 0.29) is 29.0 Å². The Labute approximate surface area is 185 Å². The van der Waals surface area contributed by atoms with Gasteiger partial charge in [-0.05, 0) is 73.3 Å². The quantitative estimate of drug-likeness (QED) is 0.549. The summed E-state index contributed by atoms with van der Waals surface area (Å²) in [6.07, 6.45) is 1.58. The van der Waals surface area contributed by atoms with Gasteiger partial charge in [0.1, 0.15) is 24.3 Å². The third-order valence-corrected chi connectivity index (χ3v) is 6.04. The molecule has 0 saturated carbocycles. The first kappa shape index (κ1) is 23.4. The molecule has 1 fully saturated rings. The van der Waals surface area contributed by atoms with E-state index in [0.29, 0.717) is 12.2 Å². The lowest BCUT2D eigenvalue weighted by Gasteiger charge is -2.33. The van der Waals surface area contributed by atoms with E-state index in [1.54, 1.807) is 19.2 Å². The van der Waals surface area contributed by atoms with Crippen LogP contribution in [-0.2, 0) is 10.2 Å². The second-order valence-electron chi connectivity index (χ2n) is 9.39. The second kappa shape index (κ2) is 10.4. The molecule has 0 aromatic heterocycles. The Kier molecular flexibility index (Phi) is 7.84. The van der Waals surface area contributed by atoms with Crippen molar-refractivity contribution in [2.24, 2.45) is 5.92 Å². The number of piperidine rings is 1. The molecule has 5 heteroatoms. The van der Waals surface area contributed by atoms with Crippen molar-refractivity contribution in [3.8, 4) is 5.75 Å². The van der Waals surface area contributed by atoms with Gasteiger partial charge in [-0.2, -0.15) is 0 Å². The van der Waals surface area contributed by atoms with Gasteiger partial charge in [-0.25, -0.2) is 4.39 Å². The van der Waals surface area contributed by atoms with Crippen LogP contribution in [0.4, 0.5) is 4.39 Å². The van der Waals surface area contributed by atoms with Gasteiger partial charge in [0.15, 0.2) is 5.78 Å². The molecule has 0 N–H and O–H groups in total. The van der Waals surface area contributed by atoms with Gasteiger partial charge in [0.25, 0.3) is 0 Å². The normalized spacial score (nSPS) is 16.8. The summed E-state index contributed by atoms with van der Waals surface area (Å²) >= 11 is 0. The summed E-state index contributed by atoms with van der Waals surface area (Å²) in [5, 5.41) is 0. The van der Waals surface area contributed by atoms with Crippen LogP contribution in [0.1, 0.15) is 49.5 Å². The minimum Gasteiger partial charge on any atom is -0.491 e. The monoisotopic (exact) mass is 427 g/mol. The first-order valence-corrected chi connectivity index (χ1v) is 11.0. The maximum Gasteiger partial charge on any atom is 0.166 e. The van der Waals surface area contributed by atoms with Crippen LogP contribution in [0.25, 0.3) is 0 Å². The summed E-state index contributed by atoms with van der Waals surface area (Å²) in [6.45, 7) is 9.53. The molecule has 2 aromatic rings. The number of likely N-dealkylation sites (tertiary alicyclic amines) is 1. The van der Waals surface area contributed by atoms with Crippen LogP contribution >= 0.6 is 0 Å². The largest absolute Gasteiger partial charge is 0.491 e. The van der Waals surface area contributed by atoms with Gasteiger partial charge >= 0.3 is 0 Å². The molecule has 1 heterocycles. The number of carbonyl (C=O) groups is 1. The number of hydrogen-bond acceptors (Lipinski definition) is 4. The van der Waals surface area contributed by atoms with E-state index in [1.165, 1.54) is 17.7 Å². The van der Waals surface area contributed by atoms with Gasteiger partial charge in [0.05, 0.1) is 0 Å². The van der Waals surface area contributed by atoms with Crippen LogP contribution in [0.3, 0.4) is 0 Å². The van der Waals surface area contributed by atoms with Crippen molar-refractivity contribution in [2.75, 3.05) is 33.4 Å². The molecule has 2 aromatic carbocycles.